The second-order valence-corrected chi connectivity index (χ2v) is 10.7. The van der Waals surface area contributed by atoms with Crippen LogP contribution in [0.2, 0.25) is 0 Å². The third kappa shape index (κ3) is 7.47. The van der Waals surface area contributed by atoms with Crippen LogP contribution in [0.1, 0.15) is 56.2 Å². The fourth-order valence-electron chi connectivity index (χ4n) is 4.72. The van der Waals surface area contributed by atoms with Gasteiger partial charge in [0.1, 0.15) is 30.5 Å². The Labute approximate surface area is 228 Å². The number of carboxylic acids is 1. The number of carbonyl (C=O) groups is 3. The van der Waals surface area contributed by atoms with Gasteiger partial charge in [-0.25, -0.2) is 0 Å². The fraction of sp³-hybridized carbons (Fsp3) is 0.344. The number of aliphatic carboxylic acids is 1. The number of carboxylic acid groups (broad SMARTS) is 1. The lowest BCUT2D eigenvalue weighted by Crippen LogP contribution is -2.26. The minimum absolute atomic E-state index is 0.0932. The number of rotatable bonds is 11. The average Bonchev–Trinajstić information content (AvgIpc) is 3.21. The van der Waals surface area contributed by atoms with Crippen molar-refractivity contribution in [2.75, 3.05) is 13.2 Å². The Morgan fingerprint density at radius 3 is 2.13 bits per heavy atom. The molecular weight excluding hydrogens is 496 g/mol. The number of fused-ring (bicyclic) bond motifs is 3. The molecule has 1 aliphatic carbocycles. The Balaban J connectivity index is 1.30. The summed E-state index contributed by atoms with van der Waals surface area (Å²) in [6.07, 6.45) is 0.387. The maximum atomic E-state index is 12.7. The first-order chi connectivity index (χ1) is 18.6. The molecule has 1 atom stereocenters. The van der Waals surface area contributed by atoms with Gasteiger partial charge in [-0.05, 0) is 67.1 Å². The zero-order valence-electron chi connectivity index (χ0n) is 22.5. The highest BCUT2D eigenvalue weighted by molar-refractivity contribution is 5.80. The molecule has 1 N–H and O–H groups in total. The molecule has 0 bridgehead atoms. The number of hydrogen-bond donors (Lipinski definition) is 1. The highest BCUT2D eigenvalue weighted by Gasteiger charge is 2.30. The predicted molar refractivity (Wildman–Crippen MR) is 147 cm³/mol. The van der Waals surface area contributed by atoms with E-state index in [1.54, 1.807) is 18.2 Å². The quantitative estimate of drug-likeness (QED) is 0.314. The number of benzene rings is 3. The van der Waals surface area contributed by atoms with E-state index in [9.17, 15) is 19.5 Å². The van der Waals surface area contributed by atoms with Crippen molar-refractivity contribution in [2.45, 2.75) is 51.6 Å². The molecule has 0 spiro atoms. The van der Waals surface area contributed by atoms with Gasteiger partial charge in [-0.2, -0.15) is 0 Å². The summed E-state index contributed by atoms with van der Waals surface area (Å²) in [4.78, 5) is 36.5. The molecule has 0 amide bonds. The number of ether oxygens (including phenoxy) is 3. The van der Waals surface area contributed by atoms with Gasteiger partial charge < -0.3 is 19.3 Å². The molecule has 3 aromatic carbocycles. The normalized spacial score (nSPS) is 13.2. The first-order valence-corrected chi connectivity index (χ1v) is 13.1. The molecular formula is C32H34O7. The maximum absolute atomic E-state index is 12.7. The van der Waals surface area contributed by atoms with E-state index in [1.807, 2.05) is 63.2 Å². The fourth-order valence-corrected chi connectivity index (χ4v) is 4.72. The smallest absolute Gasteiger partial charge is 0.310 e. The van der Waals surface area contributed by atoms with Crippen LogP contribution in [-0.2, 0) is 30.3 Å². The van der Waals surface area contributed by atoms with Crippen molar-refractivity contribution in [3.05, 3.63) is 89.5 Å². The highest BCUT2D eigenvalue weighted by atomic mass is 16.6. The largest absolute Gasteiger partial charge is 0.493 e. The van der Waals surface area contributed by atoms with Crippen molar-refractivity contribution >= 4 is 17.9 Å². The minimum atomic E-state index is -1.13. The summed E-state index contributed by atoms with van der Waals surface area (Å²) in [5.74, 6) is -2.70. The summed E-state index contributed by atoms with van der Waals surface area (Å²) < 4.78 is 16.6. The highest BCUT2D eigenvalue weighted by Crippen LogP contribution is 2.44. The van der Waals surface area contributed by atoms with Crippen LogP contribution in [0.5, 0.6) is 5.75 Å². The van der Waals surface area contributed by atoms with Crippen molar-refractivity contribution < 1.29 is 33.7 Å². The summed E-state index contributed by atoms with van der Waals surface area (Å²) in [5, 5.41) is 9.69. The van der Waals surface area contributed by atoms with Gasteiger partial charge >= 0.3 is 17.9 Å². The van der Waals surface area contributed by atoms with Crippen LogP contribution in [0, 0.1) is 5.92 Å². The molecule has 0 aromatic heterocycles. The van der Waals surface area contributed by atoms with E-state index in [1.165, 1.54) is 0 Å². The van der Waals surface area contributed by atoms with Gasteiger partial charge in [0.15, 0.2) is 0 Å². The van der Waals surface area contributed by atoms with Crippen LogP contribution >= 0.6 is 0 Å². The first-order valence-electron chi connectivity index (χ1n) is 13.1. The molecule has 7 heteroatoms. The predicted octanol–water partition coefficient (Wildman–Crippen LogP) is 5.79. The molecule has 1 aliphatic rings. The number of hydrogen-bond acceptors (Lipinski definition) is 6. The second kappa shape index (κ2) is 12.2. The van der Waals surface area contributed by atoms with Gasteiger partial charge in [0, 0.05) is 12.3 Å². The van der Waals surface area contributed by atoms with Crippen molar-refractivity contribution in [3.63, 3.8) is 0 Å². The van der Waals surface area contributed by atoms with E-state index in [4.69, 9.17) is 14.2 Å². The van der Waals surface area contributed by atoms with Gasteiger partial charge in [-0.1, -0.05) is 60.7 Å². The van der Waals surface area contributed by atoms with E-state index in [0.717, 1.165) is 27.8 Å². The zero-order chi connectivity index (χ0) is 28.0. The van der Waals surface area contributed by atoms with Crippen molar-refractivity contribution in [3.8, 4) is 16.9 Å². The summed E-state index contributed by atoms with van der Waals surface area (Å²) in [6.45, 7) is 5.41. The Kier molecular flexibility index (Phi) is 8.69. The number of aryl methyl sites for hydroxylation is 1. The summed E-state index contributed by atoms with van der Waals surface area (Å²) >= 11 is 0. The lowest BCUT2D eigenvalue weighted by atomic mass is 9.98. The van der Waals surface area contributed by atoms with Crippen LogP contribution in [0.3, 0.4) is 0 Å². The molecule has 0 saturated carbocycles. The third-order valence-corrected chi connectivity index (χ3v) is 6.52. The second-order valence-electron chi connectivity index (χ2n) is 10.7. The van der Waals surface area contributed by atoms with Crippen LogP contribution in [-0.4, -0.2) is 41.8 Å². The third-order valence-electron chi connectivity index (χ3n) is 6.52. The van der Waals surface area contributed by atoms with Gasteiger partial charge in [0.25, 0.3) is 0 Å². The molecule has 0 unspecified atom stereocenters. The Bertz CT molecular complexity index is 1290. The van der Waals surface area contributed by atoms with Crippen molar-refractivity contribution in [1.29, 1.82) is 0 Å². The molecule has 0 saturated heterocycles. The zero-order valence-corrected chi connectivity index (χ0v) is 22.5. The van der Waals surface area contributed by atoms with E-state index in [-0.39, 0.29) is 37.9 Å². The van der Waals surface area contributed by atoms with Gasteiger partial charge in [0.05, 0.1) is 6.42 Å². The van der Waals surface area contributed by atoms with Gasteiger partial charge in [0.2, 0.25) is 0 Å². The summed E-state index contributed by atoms with van der Waals surface area (Å²) in [5.41, 5.74) is 4.76. The van der Waals surface area contributed by atoms with E-state index >= 15 is 0 Å². The van der Waals surface area contributed by atoms with E-state index < -0.39 is 23.5 Å². The molecule has 7 nitrogen and oxygen atoms in total. The topological polar surface area (TPSA) is 99.1 Å². The Hall–Kier alpha value is -4.13. The molecule has 3 aromatic rings. The number of esters is 2. The molecule has 39 heavy (non-hydrogen) atoms. The van der Waals surface area contributed by atoms with Crippen molar-refractivity contribution in [1.82, 2.24) is 0 Å². The van der Waals surface area contributed by atoms with Crippen LogP contribution in [0.4, 0.5) is 0 Å². The lowest BCUT2D eigenvalue weighted by molar-refractivity contribution is -0.154. The summed E-state index contributed by atoms with van der Waals surface area (Å²) in [6, 6.07) is 23.2. The lowest BCUT2D eigenvalue weighted by Gasteiger charge is -2.19. The maximum Gasteiger partial charge on any atom is 0.310 e. The van der Waals surface area contributed by atoms with Gasteiger partial charge in [-0.15, -0.1) is 0 Å². The van der Waals surface area contributed by atoms with Crippen molar-refractivity contribution in [2.24, 2.45) is 5.92 Å². The Morgan fingerprint density at radius 1 is 0.872 bits per heavy atom. The minimum Gasteiger partial charge on any atom is -0.493 e. The monoisotopic (exact) mass is 530 g/mol. The molecule has 0 fully saturated rings. The molecule has 0 radical (unpaired) electrons. The molecule has 204 valence electrons. The average molecular weight is 531 g/mol. The standard InChI is InChI=1S/C32H34O7/c1-32(2,3)39-29(33)16-15-21-9-8-10-23(17-21)37-19-22(31(35)36)18-30(34)38-20-28-26-13-6-4-11-24(26)25-12-5-7-14-27(25)28/h4-14,17,22,28H,15-16,18-20H2,1-3H3,(H,35,36)/t22-/m0/s1. The van der Waals surface area contributed by atoms with E-state index in [0.29, 0.717) is 12.2 Å². The number of carbonyl (C=O) groups excluding carboxylic acids is 2. The molecule has 0 aliphatic heterocycles. The van der Waals surface area contributed by atoms with E-state index in [2.05, 4.69) is 12.1 Å². The SMILES string of the molecule is CC(C)(C)OC(=O)CCc1cccc(OC[C@H](CC(=O)OCC2c3ccccc3-c3ccccc32)C(=O)O)c1. The van der Waals surface area contributed by atoms with Gasteiger partial charge in [-0.3, -0.25) is 14.4 Å². The summed E-state index contributed by atoms with van der Waals surface area (Å²) in [7, 11) is 0. The van der Waals surface area contributed by atoms with Crippen LogP contribution < -0.4 is 4.74 Å². The molecule has 0 heterocycles. The van der Waals surface area contributed by atoms with Crippen LogP contribution in [0.15, 0.2) is 72.8 Å². The van der Waals surface area contributed by atoms with Crippen LogP contribution in [0.25, 0.3) is 11.1 Å². The Morgan fingerprint density at radius 2 is 1.51 bits per heavy atom. The first kappa shape index (κ1) is 27.9. The molecule has 4 rings (SSSR count).